The quantitative estimate of drug-likeness (QED) is 0.707. The number of hydrogen-bond acceptors (Lipinski definition) is 2. The number of rotatable bonds is 0. The van der Waals surface area contributed by atoms with Crippen LogP contribution < -0.4 is 5.73 Å². The predicted molar refractivity (Wildman–Crippen MR) is 68.4 cm³/mol. The van der Waals surface area contributed by atoms with Crippen LogP contribution in [0.4, 0.5) is 0 Å². The van der Waals surface area contributed by atoms with E-state index in [9.17, 15) is 0 Å². The SMILES string of the molecule is CC.CN.CN1C=Cc2ccccc2C1. The minimum absolute atomic E-state index is 1.03. The zero-order chi connectivity index (χ0) is 11.7. The highest BCUT2D eigenvalue weighted by molar-refractivity contribution is 5.55. The standard InChI is InChI=1S/C10H11N.C2H6.CH5N/c1-11-7-6-9-4-2-3-5-10(9)8-11;2*1-2/h2-7H,8H2,1H3;1-2H3;2H2,1H3. The molecule has 2 nitrogen and oxygen atoms in total. The summed E-state index contributed by atoms with van der Waals surface area (Å²) in [6.07, 6.45) is 4.27. The fraction of sp³-hybridized carbons (Fsp3) is 0.385. The smallest absolute Gasteiger partial charge is 0.0426 e. The molecule has 2 heteroatoms. The number of fused-ring (bicyclic) bond motifs is 1. The summed E-state index contributed by atoms with van der Waals surface area (Å²) in [5.74, 6) is 0. The van der Waals surface area contributed by atoms with Crippen LogP contribution in [0.25, 0.3) is 6.08 Å². The second-order valence-corrected chi connectivity index (χ2v) is 2.93. The van der Waals surface area contributed by atoms with Crippen LogP contribution in [0.1, 0.15) is 25.0 Å². The summed E-state index contributed by atoms with van der Waals surface area (Å²) >= 11 is 0. The third kappa shape index (κ3) is 4.17. The Morgan fingerprint density at radius 2 is 1.73 bits per heavy atom. The summed E-state index contributed by atoms with van der Waals surface area (Å²) in [5.41, 5.74) is 7.27. The van der Waals surface area contributed by atoms with E-state index < -0.39 is 0 Å². The molecule has 1 aliphatic heterocycles. The molecule has 1 heterocycles. The average molecular weight is 206 g/mol. The van der Waals surface area contributed by atoms with Crippen LogP contribution in [0.5, 0.6) is 0 Å². The highest BCUT2D eigenvalue weighted by Gasteiger charge is 2.04. The Morgan fingerprint density at radius 3 is 2.40 bits per heavy atom. The maximum atomic E-state index is 4.50. The van der Waals surface area contributed by atoms with E-state index in [0.717, 1.165) is 6.54 Å². The molecule has 0 fully saturated rings. The van der Waals surface area contributed by atoms with Gasteiger partial charge in [0, 0.05) is 13.6 Å². The molecule has 0 saturated heterocycles. The van der Waals surface area contributed by atoms with Gasteiger partial charge in [-0.05, 0) is 30.5 Å². The lowest BCUT2D eigenvalue weighted by Crippen LogP contribution is -2.13. The number of hydrogen-bond donors (Lipinski definition) is 1. The highest BCUT2D eigenvalue weighted by atomic mass is 15.1. The van der Waals surface area contributed by atoms with Crippen LogP contribution in [0, 0.1) is 0 Å². The summed E-state index contributed by atoms with van der Waals surface area (Å²) in [6, 6.07) is 8.49. The van der Waals surface area contributed by atoms with Gasteiger partial charge in [-0.25, -0.2) is 0 Å². The molecule has 0 aromatic heterocycles. The lowest BCUT2D eigenvalue weighted by Gasteiger charge is -2.20. The molecular formula is C13H22N2. The third-order valence-electron chi connectivity index (χ3n) is 1.98. The highest BCUT2D eigenvalue weighted by Crippen LogP contribution is 2.17. The Balaban J connectivity index is 0.000000442. The summed E-state index contributed by atoms with van der Waals surface area (Å²) in [6.45, 7) is 5.03. The van der Waals surface area contributed by atoms with Gasteiger partial charge in [0.15, 0.2) is 0 Å². The van der Waals surface area contributed by atoms with Crippen molar-refractivity contribution < 1.29 is 0 Å². The van der Waals surface area contributed by atoms with Crippen LogP contribution in [-0.2, 0) is 6.54 Å². The van der Waals surface area contributed by atoms with Gasteiger partial charge >= 0.3 is 0 Å². The Labute approximate surface area is 93.4 Å². The first-order valence-corrected chi connectivity index (χ1v) is 5.40. The van der Waals surface area contributed by atoms with Crippen molar-refractivity contribution in [1.82, 2.24) is 4.90 Å². The van der Waals surface area contributed by atoms with E-state index in [1.165, 1.54) is 18.2 Å². The summed E-state index contributed by atoms with van der Waals surface area (Å²) in [5, 5.41) is 0. The monoisotopic (exact) mass is 206 g/mol. The van der Waals surface area contributed by atoms with Crippen molar-refractivity contribution >= 4 is 6.08 Å². The van der Waals surface area contributed by atoms with E-state index >= 15 is 0 Å². The largest absolute Gasteiger partial charge is 0.376 e. The topological polar surface area (TPSA) is 29.3 Å². The van der Waals surface area contributed by atoms with E-state index in [4.69, 9.17) is 0 Å². The summed E-state index contributed by atoms with van der Waals surface area (Å²) in [4.78, 5) is 2.18. The lowest BCUT2D eigenvalue weighted by atomic mass is 10.1. The Morgan fingerprint density at radius 1 is 1.13 bits per heavy atom. The number of nitrogens with zero attached hydrogens (tertiary/aromatic N) is 1. The summed E-state index contributed by atoms with van der Waals surface area (Å²) in [7, 11) is 3.59. The van der Waals surface area contributed by atoms with E-state index in [1.54, 1.807) is 0 Å². The molecular weight excluding hydrogens is 184 g/mol. The Bertz CT molecular complexity index is 292. The van der Waals surface area contributed by atoms with Crippen molar-refractivity contribution in [2.75, 3.05) is 14.1 Å². The van der Waals surface area contributed by atoms with Crippen molar-refractivity contribution in [3.8, 4) is 0 Å². The first-order chi connectivity index (χ1) is 7.36. The van der Waals surface area contributed by atoms with Crippen molar-refractivity contribution in [2.24, 2.45) is 5.73 Å². The first-order valence-electron chi connectivity index (χ1n) is 5.40. The van der Waals surface area contributed by atoms with Gasteiger partial charge in [-0.2, -0.15) is 0 Å². The Kier molecular flexibility index (Phi) is 7.38. The van der Waals surface area contributed by atoms with Gasteiger partial charge in [0.25, 0.3) is 0 Å². The van der Waals surface area contributed by atoms with Gasteiger partial charge in [-0.1, -0.05) is 38.1 Å². The van der Waals surface area contributed by atoms with Crippen LogP contribution in [0.3, 0.4) is 0 Å². The maximum Gasteiger partial charge on any atom is 0.0426 e. The zero-order valence-corrected chi connectivity index (χ0v) is 10.2. The van der Waals surface area contributed by atoms with Gasteiger partial charge in [0.1, 0.15) is 0 Å². The van der Waals surface area contributed by atoms with Gasteiger partial charge in [-0.3, -0.25) is 0 Å². The van der Waals surface area contributed by atoms with Crippen LogP contribution in [-0.4, -0.2) is 19.0 Å². The minimum atomic E-state index is 1.03. The second kappa shape index (κ2) is 8.06. The van der Waals surface area contributed by atoms with Crippen molar-refractivity contribution in [3.63, 3.8) is 0 Å². The average Bonchev–Trinajstić information content (AvgIpc) is 2.34. The fourth-order valence-corrected chi connectivity index (χ4v) is 1.37. The molecule has 0 amide bonds. The number of benzene rings is 1. The third-order valence-corrected chi connectivity index (χ3v) is 1.98. The molecule has 0 spiro atoms. The molecule has 0 atom stereocenters. The molecule has 84 valence electrons. The molecule has 1 aromatic rings. The van der Waals surface area contributed by atoms with E-state index in [0.29, 0.717) is 0 Å². The van der Waals surface area contributed by atoms with Crippen molar-refractivity contribution in [2.45, 2.75) is 20.4 Å². The number of nitrogens with two attached hydrogens (primary N) is 1. The molecule has 0 aliphatic carbocycles. The maximum absolute atomic E-state index is 4.50. The van der Waals surface area contributed by atoms with E-state index in [-0.39, 0.29) is 0 Å². The van der Waals surface area contributed by atoms with Gasteiger partial charge in [-0.15, -0.1) is 0 Å². The van der Waals surface area contributed by atoms with Gasteiger partial charge in [0.2, 0.25) is 0 Å². The predicted octanol–water partition coefficient (Wildman–Crippen LogP) is 2.70. The van der Waals surface area contributed by atoms with Gasteiger partial charge in [0.05, 0.1) is 0 Å². The first kappa shape index (κ1) is 13.7. The van der Waals surface area contributed by atoms with Crippen molar-refractivity contribution in [3.05, 3.63) is 41.6 Å². The molecule has 2 N–H and O–H groups in total. The van der Waals surface area contributed by atoms with Crippen LogP contribution in [0.15, 0.2) is 30.5 Å². The normalized spacial score (nSPS) is 11.7. The molecule has 1 aromatic carbocycles. The summed E-state index contributed by atoms with van der Waals surface area (Å²) < 4.78 is 0. The molecule has 15 heavy (non-hydrogen) atoms. The second-order valence-electron chi connectivity index (χ2n) is 2.93. The van der Waals surface area contributed by atoms with E-state index in [1.807, 2.05) is 13.8 Å². The van der Waals surface area contributed by atoms with Gasteiger partial charge < -0.3 is 10.6 Å². The Hall–Kier alpha value is -1.28. The zero-order valence-electron chi connectivity index (χ0n) is 10.2. The molecule has 2 rings (SSSR count). The molecule has 1 aliphatic rings. The fourth-order valence-electron chi connectivity index (χ4n) is 1.37. The van der Waals surface area contributed by atoms with E-state index in [2.05, 4.69) is 54.2 Å². The van der Waals surface area contributed by atoms with Crippen LogP contribution >= 0.6 is 0 Å². The lowest BCUT2D eigenvalue weighted by molar-refractivity contribution is 0.448. The van der Waals surface area contributed by atoms with Crippen LogP contribution in [0.2, 0.25) is 0 Å². The molecule has 0 unspecified atom stereocenters. The molecule has 0 bridgehead atoms. The molecule has 0 saturated carbocycles. The molecule has 0 radical (unpaired) electrons. The minimum Gasteiger partial charge on any atom is -0.376 e. The van der Waals surface area contributed by atoms with Crippen molar-refractivity contribution in [1.29, 1.82) is 0 Å².